The Hall–Kier alpha value is -4.19. The van der Waals surface area contributed by atoms with Gasteiger partial charge < -0.3 is 24.8 Å². The van der Waals surface area contributed by atoms with Crippen LogP contribution in [0.1, 0.15) is 11.3 Å². The predicted molar refractivity (Wildman–Crippen MR) is 132 cm³/mol. The first-order chi connectivity index (χ1) is 17.4. The first-order valence-corrected chi connectivity index (χ1v) is 11.4. The van der Waals surface area contributed by atoms with Crippen molar-refractivity contribution >= 4 is 28.2 Å². The molecule has 1 aliphatic rings. The number of likely N-dealkylation sites (N-methyl/N-ethyl adjacent to an activating group) is 1. The Morgan fingerprint density at radius 1 is 1.14 bits per heavy atom. The summed E-state index contributed by atoms with van der Waals surface area (Å²) >= 11 is 0. The number of nitrogens with one attached hydrogen (secondary N) is 2. The second-order valence-corrected chi connectivity index (χ2v) is 8.62. The summed E-state index contributed by atoms with van der Waals surface area (Å²) in [5.41, 5.74) is 1.83. The van der Waals surface area contributed by atoms with E-state index < -0.39 is 11.6 Å². The number of nitrogens with zero attached hydrogens (tertiary/aromatic N) is 6. The van der Waals surface area contributed by atoms with E-state index in [-0.39, 0.29) is 40.5 Å². The van der Waals surface area contributed by atoms with Crippen molar-refractivity contribution in [1.29, 1.82) is 0 Å². The van der Waals surface area contributed by atoms with Gasteiger partial charge in [0.05, 0.1) is 23.0 Å². The number of pyridine rings is 1. The zero-order valence-electron chi connectivity index (χ0n) is 19.8. The van der Waals surface area contributed by atoms with Gasteiger partial charge in [-0.25, -0.2) is 23.7 Å². The van der Waals surface area contributed by atoms with Crippen molar-refractivity contribution in [3.63, 3.8) is 0 Å². The highest BCUT2D eigenvalue weighted by atomic mass is 19.1. The molecule has 0 spiro atoms. The van der Waals surface area contributed by atoms with Crippen LogP contribution in [0.5, 0.6) is 11.6 Å². The molecule has 12 heteroatoms. The average Bonchev–Trinajstić information content (AvgIpc) is 3.28. The van der Waals surface area contributed by atoms with Crippen molar-refractivity contribution < 1.29 is 13.5 Å². The molecule has 0 atom stereocenters. The Kier molecular flexibility index (Phi) is 6.42. The van der Waals surface area contributed by atoms with Gasteiger partial charge in [-0.05, 0) is 32.2 Å². The van der Waals surface area contributed by atoms with Gasteiger partial charge in [0.2, 0.25) is 5.88 Å². The summed E-state index contributed by atoms with van der Waals surface area (Å²) in [6, 6.07) is 6.16. The number of hydrogen-bond acceptors (Lipinski definition) is 9. The summed E-state index contributed by atoms with van der Waals surface area (Å²) < 4.78 is 35.2. The lowest BCUT2D eigenvalue weighted by molar-refractivity contribution is 0.313. The lowest BCUT2D eigenvalue weighted by atomic mass is 10.2. The number of aryl methyl sites for hydroxylation is 1. The van der Waals surface area contributed by atoms with Gasteiger partial charge in [-0.15, -0.1) is 0 Å². The number of aromatic amines is 1. The van der Waals surface area contributed by atoms with Gasteiger partial charge in [0.1, 0.15) is 24.5 Å². The largest absolute Gasteiger partial charge is 0.435 e. The standard InChI is InChI=1S/C24H24F2N8O2/c1-14-9-16-21(26)19(10-18(25)22(16)31-14)36-24-17(12-30-35)23(28-13-29-24)32-20-4-3-15(11-27-20)34-7-5-33(2)6-8-34/h3-4,9-11,13,31H,5-8,12H2,1-2H3,(H,27,28,29,32). The molecule has 36 heavy (non-hydrogen) atoms. The fourth-order valence-corrected chi connectivity index (χ4v) is 4.14. The third-order valence-corrected chi connectivity index (χ3v) is 6.10. The maximum Gasteiger partial charge on any atom is 0.229 e. The molecule has 0 aliphatic carbocycles. The molecule has 0 bridgehead atoms. The van der Waals surface area contributed by atoms with E-state index in [2.05, 4.69) is 47.3 Å². The van der Waals surface area contributed by atoms with Crippen molar-refractivity contribution in [1.82, 2.24) is 24.8 Å². The molecule has 0 radical (unpaired) electrons. The minimum absolute atomic E-state index is 0.0447. The fraction of sp³-hybridized carbons (Fsp3) is 0.292. The molecule has 10 nitrogen and oxygen atoms in total. The zero-order valence-corrected chi connectivity index (χ0v) is 19.8. The van der Waals surface area contributed by atoms with Crippen molar-refractivity contribution in [2.24, 2.45) is 5.18 Å². The second-order valence-electron chi connectivity index (χ2n) is 8.62. The number of halogens is 2. The van der Waals surface area contributed by atoms with E-state index >= 15 is 4.39 Å². The first kappa shape index (κ1) is 23.5. The van der Waals surface area contributed by atoms with Crippen LogP contribution in [0.25, 0.3) is 10.9 Å². The number of ether oxygens (including phenoxy) is 1. The minimum Gasteiger partial charge on any atom is -0.435 e. The quantitative estimate of drug-likeness (QED) is 0.362. The smallest absolute Gasteiger partial charge is 0.229 e. The molecule has 4 heterocycles. The molecule has 0 amide bonds. The van der Waals surface area contributed by atoms with Gasteiger partial charge in [0.15, 0.2) is 17.4 Å². The zero-order chi connectivity index (χ0) is 25.2. The average molecular weight is 495 g/mol. The molecule has 186 valence electrons. The van der Waals surface area contributed by atoms with Gasteiger partial charge in [-0.3, -0.25) is 0 Å². The number of fused-ring (bicyclic) bond motifs is 1. The Labute approximate surface area is 205 Å². The molecule has 5 rings (SSSR count). The number of anilines is 3. The van der Waals surface area contributed by atoms with E-state index in [1.807, 2.05) is 6.07 Å². The van der Waals surface area contributed by atoms with Crippen LogP contribution in [0.15, 0.2) is 42.0 Å². The maximum absolute atomic E-state index is 15.1. The summed E-state index contributed by atoms with van der Waals surface area (Å²) in [5, 5.41) is 6.02. The van der Waals surface area contributed by atoms with Gasteiger partial charge >= 0.3 is 0 Å². The number of hydrogen-bond donors (Lipinski definition) is 2. The monoisotopic (exact) mass is 494 g/mol. The van der Waals surface area contributed by atoms with E-state index in [0.717, 1.165) is 37.9 Å². The summed E-state index contributed by atoms with van der Waals surface area (Å²) in [6.45, 7) is 5.13. The van der Waals surface area contributed by atoms with Crippen LogP contribution in [0.2, 0.25) is 0 Å². The summed E-state index contributed by atoms with van der Waals surface area (Å²) in [5.74, 6) is -1.22. The predicted octanol–water partition coefficient (Wildman–Crippen LogP) is 4.49. The molecule has 1 aliphatic heterocycles. The van der Waals surface area contributed by atoms with Crippen LogP contribution in [-0.4, -0.2) is 58.1 Å². The molecule has 1 saturated heterocycles. The molecule has 3 aromatic heterocycles. The Morgan fingerprint density at radius 2 is 1.94 bits per heavy atom. The number of H-pyrrole nitrogens is 1. The molecule has 1 fully saturated rings. The third kappa shape index (κ3) is 4.67. The number of nitroso groups, excluding NO2 is 1. The maximum atomic E-state index is 15.1. The SMILES string of the molecule is Cc1cc2c(F)c(Oc3ncnc(Nc4ccc(N5CCN(C)CC5)cn4)c3CN=O)cc(F)c2[nH]1. The van der Waals surface area contributed by atoms with Crippen molar-refractivity contribution in [3.05, 3.63) is 64.6 Å². The normalized spacial score (nSPS) is 14.3. The van der Waals surface area contributed by atoms with Crippen LogP contribution >= 0.6 is 0 Å². The van der Waals surface area contributed by atoms with E-state index in [1.54, 1.807) is 19.2 Å². The topological polar surface area (TPSA) is 112 Å². The molecule has 2 N–H and O–H groups in total. The number of piperazine rings is 1. The van der Waals surface area contributed by atoms with Crippen molar-refractivity contribution in [2.75, 3.05) is 43.4 Å². The van der Waals surface area contributed by atoms with Gasteiger partial charge in [0.25, 0.3) is 0 Å². The summed E-state index contributed by atoms with van der Waals surface area (Å²) in [7, 11) is 2.10. The molecule has 0 saturated carbocycles. The Morgan fingerprint density at radius 3 is 2.67 bits per heavy atom. The number of rotatable bonds is 7. The van der Waals surface area contributed by atoms with Crippen molar-refractivity contribution in [3.8, 4) is 11.6 Å². The van der Waals surface area contributed by atoms with Crippen LogP contribution in [-0.2, 0) is 6.54 Å². The molecular weight excluding hydrogens is 470 g/mol. The van der Waals surface area contributed by atoms with Crippen LogP contribution in [0.4, 0.5) is 26.1 Å². The lowest BCUT2D eigenvalue weighted by Crippen LogP contribution is -2.44. The highest BCUT2D eigenvalue weighted by Gasteiger charge is 2.20. The van der Waals surface area contributed by atoms with Gasteiger partial charge in [-0.1, -0.05) is 5.18 Å². The van der Waals surface area contributed by atoms with Crippen LogP contribution < -0.4 is 15.0 Å². The van der Waals surface area contributed by atoms with Crippen LogP contribution in [0.3, 0.4) is 0 Å². The minimum atomic E-state index is -0.755. The number of benzene rings is 1. The molecule has 1 aromatic carbocycles. The van der Waals surface area contributed by atoms with E-state index in [0.29, 0.717) is 11.5 Å². The fourth-order valence-electron chi connectivity index (χ4n) is 4.14. The highest BCUT2D eigenvalue weighted by Crippen LogP contribution is 2.35. The van der Waals surface area contributed by atoms with E-state index in [4.69, 9.17) is 4.74 Å². The number of aromatic nitrogens is 4. The summed E-state index contributed by atoms with van der Waals surface area (Å²) in [4.78, 5) is 31.1. The van der Waals surface area contributed by atoms with E-state index in [9.17, 15) is 9.30 Å². The van der Waals surface area contributed by atoms with Gasteiger partial charge in [-0.2, -0.15) is 4.91 Å². The second kappa shape index (κ2) is 9.82. The van der Waals surface area contributed by atoms with Crippen molar-refractivity contribution in [2.45, 2.75) is 13.5 Å². The lowest BCUT2D eigenvalue weighted by Gasteiger charge is -2.33. The molecule has 4 aromatic rings. The molecule has 0 unspecified atom stereocenters. The first-order valence-electron chi connectivity index (χ1n) is 11.4. The Bertz CT molecular complexity index is 1400. The summed E-state index contributed by atoms with van der Waals surface area (Å²) in [6.07, 6.45) is 2.95. The molecular formula is C24H24F2N8O2. The third-order valence-electron chi connectivity index (χ3n) is 6.10. The Balaban J connectivity index is 1.41. The van der Waals surface area contributed by atoms with Crippen LogP contribution in [0, 0.1) is 23.5 Å². The van der Waals surface area contributed by atoms with Gasteiger partial charge in [0, 0.05) is 43.3 Å². The highest BCUT2D eigenvalue weighted by molar-refractivity contribution is 5.83. The van der Waals surface area contributed by atoms with E-state index in [1.165, 1.54) is 12.4 Å².